The molecule has 53 heavy (non-hydrogen) atoms. The largest absolute Gasteiger partial charge is 0.481 e. The number of carbonyl (C=O) groups is 2. The van der Waals surface area contributed by atoms with Gasteiger partial charge in [-0.15, -0.1) is 0 Å². The third kappa shape index (κ3) is 35.1. The molecule has 5 heteroatoms. The first-order valence-corrected chi connectivity index (χ1v) is 23.8. The molecule has 0 rings (SSSR count). The molecular weight excluding hydrogens is 657 g/mol. The third-order valence-corrected chi connectivity index (χ3v) is 11.6. The van der Waals surface area contributed by atoms with E-state index >= 15 is 0 Å². The quantitative estimate of drug-likeness (QED) is 0.0549. The zero-order valence-electron chi connectivity index (χ0n) is 37.4. The van der Waals surface area contributed by atoms with Crippen molar-refractivity contribution in [1.82, 2.24) is 0 Å². The van der Waals surface area contributed by atoms with Crippen LogP contribution in [0.1, 0.15) is 274 Å². The van der Waals surface area contributed by atoms with E-state index in [1.165, 1.54) is 141 Å². The van der Waals surface area contributed by atoms with Crippen LogP contribution < -0.4 is 0 Å². The van der Waals surface area contributed by atoms with Gasteiger partial charge in [0.1, 0.15) is 0 Å². The van der Waals surface area contributed by atoms with Crippen molar-refractivity contribution in [1.29, 1.82) is 0 Å². The lowest BCUT2D eigenvalue weighted by Gasteiger charge is -2.37. The molecule has 5 nitrogen and oxygen atoms in total. The second-order valence-corrected chi connectivity index (χ2v) is 16.4. The molecule has 0 bridgehead atoms. The first kappa shape index (κ1) is 56.2. The zero-order valence-corrected chi connectivity index (χ0v) is 37.4. The molecule has 0 aliphatic rings. The van der Waals surface area contributed by atoms with Gasteiger partial charge in [-0.1, -0.05) is 222 Å². The van der Waals surface area contributed by atoms with Crippen LogP contribution >= 0.6 is 0 Å². The fourth-order valence-corrected chi connectivity index (χ4v) is 7.78. The van der Waals surface area contributed by atoms with Crippen molar-refractivity contribution in [3.63, 3.8) is 0 Å². The average Bonchev–Trinajstić information content (AvgIpc) is 3.14. The molecule has 0 fully saturated rings. The fourth-order valence-electron chi connectivity index (χ4n) is 7.78. The highest BCUT2D eigenvalue weighted by Gasteiger charge is 2.42. The maximum Gasteiger partial charge on any atom is 0.309 e. The van der Waals surface area contributed by atoms with Crippen LogP contribution in [0.5, 0.6) is 0 Å². The Kier molecular flexibility index (Phi) is 46.3. The van der Waals surface area contributed by atoms with Gasteiger partial charge in [-0.05, 0) is 57.3 Å². The molecule has 320 valence electrons. The molecule has 0 aromatic rings. The van der Waals surface area contributed by atoms with Crippen molar-refractivity contribution in [2.45, 2.75) is 280 Å². The van der Waals surface area contributed by atoms with Gasteiger partial charge < -0.3 is 15.3 Å². The van der Waals surface area contributed by atoms with Crippen LogP contribution in [0.4, 0.5) is 0 Å². The topological polar surface area (TPSA) is 94.8 Å². The fraction of sp³-hybridized carbons (Fsp3) is 0.958. The summed E-state index contributed by atoms with van der Waals surface area (Å²) >= 11 is 0. The molecule has 4 unspecified atom stereocenters. The second-order valence-electron chi connectivity index (χ2n) is 16.4. The molecule has 0 saturated carbocycles. The molecule has 0 spiro atoms. The van der Waals surface area contributed by atoms with Gasteiger partial charge >= 0.3 is 11.9 Å². The van der Waals surface area contributed by atoms with Crippen molar-refractivity contribution in [2.24, 2.45) is 17.3 Å². The van der Waals surface area contributed by atoms with E-state index in [9.17, 15) is 19.8 Å². The summed E-state index contributed by atoms with van der Waals surface area (Å²) < 4.78 is 0. The highest BCUT2D eigenvalue weighted by Crippen LogP contribution is 2.43. The standard InChI is InChI=1S/C24H48O2.C16H34O.C8H16O2/c1-5-9-11-13-14-15-16-18-21-24(8-4,23(25)26)22(19-7-3)20-17-12-10-6-2;1-3-5-7-9-10-11-13-15-16(17)14-12-8-6-4-2;1-3-5-6-7(4-2)8(9)10/h22H,5-21H2,1-4H3,(H,25,26);16-17H,3-15H2,1-2H3;7H,3-6H2,1-2H3,(H,9,10). The van der Waals surface area contributed by atoms with E-state index in [2.05, 4.69) is 48.5 Å². The molecule has 3 N–H and O–H groups in total. The van der Waals surface area contributed by atoms with E-state index in [0.29, 0.717) is 5.92 Å². The van der Waals surface area contributed by atoms with Crippen molar-refractivity contribution >= 4 is 11.9 Å². The van der Waals surface area contributed by atoms with Crippen molar-refractivity contribution in [3.8, 4) is 0 Å². The Labute approximate surface area is 333 Å². The van der Waals surface area contributed by atoms with Crippen LogP contribution in [0, 0.1) is 17.3 Å². The van der Waals surface area contributed by atoms with E-state index in [4.69, 9.17) is 5.11 Å². The summed E-state index contributed by atoms with van der Waals surface area (Å²) in [5.74, 6) is -0.927. The van der Waals surface area contributed by atoms with Gasteiger partial charge in [0, 0.05) is 0 Å². The molecule has 0 aromatic heterocycles. The van der Waals surface area contributed by atoms with Gasteiger partial charge in [-0.2, -0.15) is 0 Å². The number of aliphatic carboxylic acids is 2. The monoisotopic (exact) mass is 755 g/mol. The lowest BCUT2D eigenvalue weighted by Crippen LogP contribution is -2.38. The van der Waals surface area contributed by atoms with Gasteiger partial charge in [0.2, 0.25) is 0 Å². The number of unbranched alkanes of at least 4 members (excludes halogenated alkanes) is 20. The van der Waals surface area contributed by atoms with Gasteiger partial charge in [0.15, 0.2) is 0 Å². The van der Waals surface area contributed by atoms with Crippen LogP contribution in [0.2, 0.25) is 0 Å². The summed E-state index contributed by atoms with van der Waals surface area (Å²) in [7, 11) is 0. The zero-order chi connectivity index (χ0) is 40.4. The van der Waals surface area contributed by atoms with E-state index in [0.717, 1.165) is 77.0 Å². The highest BCUT2D eigenvalue weighted by molar-refractivity contribution is 5.75. The minimum absolute atomic E-state index is 0.0255. The third-order valence-electron chi connectivity index (χ3n) is 11.6. The number of rotatable bonds is 37. The SMILES string of the molecule is CCCCC(CC)C(=O)O.CCCCCCCCCC(O)CCCCCC.CCCCCCCCCCC(CC)(C(=O)O)C(CCC)CCCCCC. The van der Waals surface area contributed by atoms with Crippen molar-refractivity contribution in [3.05, 3.63) is 0 Å². The molecule has 0 radical (unpaired) electrons. The van der Waals surface area contributed by atoms with Crippen LogP contribution in [-0.2, 0) is 9.59 Å². The lowest BCUT2D eigenvalue weighted by atomic mass is 9.66. The van der Waals surface area contributed by atoms with Crippen LogP contribution in [-0.4, -0.2) is 33.4 Å². The molecule has 0 heterocycles. The van der Waals surface area contributed by atoms with Crippen molar-refractivity contribution < 1.29 is 24.9 Å². The summed E-state index contributed by atoms with van der Waals surface area (Å²) in [6.07, 6.45) is 40.5. The first-order valence-electron chi connectivity index (χ1n) is 23.8. The number of aliphatic hydroxyl groups excluding tert-OH is 1. The maximum absolute atomic E-state index is 12.3. The molecule has 0 aliphatic heterocycles. The molecule has 0 saturated heterocycles. The molecule has 0 aromatic carbocycles. The predicted molar refractivity (Wildman–Crippen MR) is 233 cm³/mol. The van der Waals surface area contributed by atoms with E-state index < -0.39 is 17.4 Å². The Bertz CT molecular complexity index is 739. The summed E-state index contributed by atoms with van der Waals surface area (Å²) in [6, 6.07) is 0. The molecule has 4 atom stereocenters. The van der Waals surface area contributed by atoms with E-state index in [1.807, 2.05) is 6.92 Å². The number of carboxylic acid groups (broad SMARTS) is 2. The van der Waals surface area contributed by atoms with Gasteiger partial charge in [0.05, 0.1) is 17.4 Å². The average molecular weight is 755 g/mol. The van der Waals surface area contributed by atoms with Gasteiger partial charge in [-0.25, -0.2) is 0 Å². The van der Waals surface area contributed by atoms with Crippen LogP contribution in [0.3, 0.4) is 0 Å². The van der Waals surface area contributed by atoms with Gasteiger partial charge in [0.25, 0.3) is 0 Å². The molecule has 0 amide bonds. The normalized spacial score (nSPS) is 13.9. The summed E-state index contributed by atoms with van der Waals surface area (Å²) in [6.45, 7) is 17.3. The van der Waals surface area contributed by atoms with Gasteiger partial charge in [-0.3, -0.25) is 9.59 Å². The lowest BCUT2D eigenvalue weighted by molar-refractivity contribution is -0.154. The first-order chi connectivity index (χ1) is 25.6. The Morgan fingerprint density at radius 2 is 0.811 bits per heavy atom. The Hall–Kier alpha value is -1.10. The Morgan fingerprint density at radius 1 is 0.434 bits per heavy atom. The number of aliphatic hydroxyl groups is 1. The Morgan fingerprint density at radius 3 is 1.17 bits per heavy atom. The van der Waals surface area contributed by atoms with Crippen molar-refractivity contribution in [2.75, 3.05) is 0 Å². The summed E-state index contributed by atoms with van der Waals surface area (Å²) in [5, 5.41) is 28.5. The minimum Gasteiger partial charge on any atom is -0.481 e. The Balaban J connectivity index is -0.000000790. The highest BCUT2D eigenvalue weighted by atomic mass is 16.4. The molecular formula is C48H98O5. The van der Waals surface area contributed by atoms with E-state index in [1.54, 1.807) is 0 Å². The van der Waals surface area contributed by atoms with E-state index in [-0.39, 0.29) is 12.0 Å². The summed E-state index contributed by atoms with van der Waals surface area (Å²) in [4.78, 5) is 22.7. The predicted octanol–water partition coefficient (Wildman–Crippen LogP) is 16.1. The minimum atomic E-state index is -0.643. The number of carboxylic acids is 2. The second kappa shape index (κ2) is 43.6. The van der Waals surface area contributed by atoms with Crippen LogP contribution in [0.25, 0.3) is 0 Å². The number of hydrogen-bond donors (Lipinski definition) is 3. The number of hydrogen-bond acceptors (Lipinski definition) is 3. The smallest absolute Gasteiger partial charge is 0.309 e. The maximum atomic E-state index is 12.3. The van der Waals surface area contributed by atoms with Crippen LogP contribution in [0.15, 0.2) is 0 Å². The summed E-state index contributed by atoms with van der Waals surface area (Å²) in [5.41, 5.74) is -0.482. The molecule has 0 aliphatic carbocycles.